The largest absolute Gasteiger partial charge is 0.390 e. The molecule has 1 N–H and O–H groups in total. The van der Waals surface area contributed by atoms with Gasteiger partial charge in [0.2, 0.25) is 11.0 Å². The maximum Gasteiger partial charge on any atom is 0.390 e. The summed E-state index contributed by atoms with van der Waals surface area (Å²) in [7, 11) is 0. The summed E-state index contributed by atoms with van der Waals surface area (Å²) in [6.07, 6.45) is 0. The SMILES string of the molecule is Cc1nnc(NC(=O)[C@H](C)Cn2nc([N+](=O)[O-])cc2C)s1. The van der Waals surface area contributed by atoms with Crippen LogP contribution in [0.2, 0.25) is 0 Å². The quantitative estimate of drug-likeness (QED) is 0.661. The molecule has 0 unspecified atom stereocenters. The standard InChI is InChI=1S/C11H14N6O3S/c1-6(10(18)12-11-14-13-8(3)21-11)5-16-7(2)4-9(15-16)17(19)20/h4,6H,5H2,1-3H3,(H,12,14,18)/t6-/m1/s1. The molecule has 0 spiro atoms. The number of amides is 1. The van der Waals surface area contributed by atoms with E-state index in [1.54, 1.807) is 20.8 Å². The van der Waals surface area contributed by atoms with Gasteiger partial charge in [0.1, 0.15) is 5.01 Å². The van der Waals surface area contributed by atoms with Crippen molar-refractivity contribution >= 4 is 28.2 Å². The van der Waals surface area contributed by atoms with Gasteiger partial charge in [-0.05, 0) is 18.8 Å². The van der Waals surface area contributed by atoms with E-state index in [4.69, 9.17) is 0 Å². The molecule has 21 heavy (non-hydrogen) atoms. The van der Waals surface area contributed by atoms with Gasteiger partial charge < -0.3 is 15.4 Å². The Labute approximate surface area is 124 Å². The van der Waals surface area contributed by atoms with Gasteiger partial charge in [0.25, 0.3) is 0 Å². The van der Waals surface area contributed by atoms with Crippen LogP contribution in [0.1, 0.15) is 17.6 Å². The first-order valence-corrected chi connectivity index (χ1v) is 6.98. The van der Waals surface area contributed by atoms with Crippen molar-refractivity contribution in [3.63, 3.8) is 0 Å². The van der Waals surface area contributed by atoms with Crippen LogP contribution >= 0.6 is 11.3 Å². The Bertz CT molecular complexity index is 679. The summed E-state index contributed by atoms with van der Waals surface area (Å²) in [5.41, 5.74) is 0.633. The highest BCUT2D eigenvalue weighted by Gasteiger charge is 2.21. The zero-order valence-electron chi connectivity index (χ0n) is 11.7. The number of nitro groups is 1. The summed E-state index contributed by atoms with van der Waals surface area (Å²) in [4.78, 5) is 22.1. The van der Waals surface area contributed by atoms with Gasteiger partial charge >= 0.3 is 5.82 Å². The third-order valence-corrected chi connectivity index (χ3v) is 3.56. The topological polar surface area (TPSA) is 116 Å². The molecule has 10 heteroatoms. The molecule has 0 aliphatic carbocycles. The van der Waals surface area contributed by atoms with Crippen molar-refractivity contribution in [2.45, 2.75) is 27.3 Å². The first-order chi connectivity index (χ1) is 9.86. The van der Waals surface area contributed by atoms with Gasteiger partial charge in [-0.3, -0.25) is 4.79 Å². The number of rotatable bonds is 5. The maximum absolute atomic E-state index is 12.0. The lowest BCUT2D eigenvalue weighted by Gasteiger charge is -2.09. The van der Waals surface area contributed by atoms with E-state index in [9.17, 15) is 14.9 Å². The van der Waals surface area contributed by atoms with Crippen LogP contribution in [-0.4, -0.2) is 30.8 Å². The number of aromatic nitrogens is 4. The predicted octanol–water partition coefficient (Wildman–Crippen LogP) is 1.53. The molecule has 2 rings (SSSR count). The van der Waals surface area contributed by atoms with Crippen LogP contribution in [0.3, 0.4) is 0 Å². The molecular weight excluding hydrogens is 296 g/mol. The fraction of sp³-hybridized carbons (Fsp3) is 0.455. The fourth-order valence-corrected chi connectivity index (χ4v) is 2.28. The first kappa shape index (κ1) is 15.0. The van der Waals surface area contributed by atoms with Gasteiger partial charge in [0, 0.05) is 0 Å². The highest BCUT2D eigenvalue weighted by molar-refractivity contribution is 7.15. The average Bonchev–Trinajstić information content (AvgIpc) is 2.96. The molecule has 0 aliphatic heterocycles. The maximum atomic E-state index is 12.0. The molecule has 2 aromatic heterocycles. The molecule has 0 saturated carbocycles. The number of nitrogens with one attached hydrogen (secondary N) is 1. The smallest absolute Gasteiger partial charge is 0.358 e. The summed E-state index contributed by atoms with van der Waals surface area (Å²) in [5.74, 6) is -0.865. The van der Waals surface area contributed by atoms with E-state index >= 15 is 0 Å². The zero-order valence-corrected chi connectivity index (χ0v) is 12.5. The lowest BCUT2D eigenvalue weighted by atomic mass is 10.1. The minimum absolute atomic E-state index is 0.222. The van der Waals surface area contributed by atoms with Gasteiger partial charge in [-0.1, -0.05) is 18.3 Å². The van der Waals surface area contributed by atoms with Gasteiger partial charge in [0.05, 0.1) is 29.3 Å². The van der Waals surface area contributed by atoms with E-state index in [0.717, 1.165) is 5.01 Å². The molecular formula is C11H14N6O3S. The van der Waals surface area contributed by atoms with E-state index < -0.39 is 10.8 Å². The molecule has 0 aromatic carbocycles. The summed E-state index contributed by atoms with van der Waals surface area (Å²) in [6, 6.07) is 1.37. The van der Waals surface area contributed by atoms with Crippen molar-refractivity contribution in [1.29, 1.82) is 0 Å². The summed E-state index contributed by atoms with van der Waals surface area (Å²) >= 11 is 1.29. The summed E-state index contributed by atoms with van der Waals surface area (Å²) < 4.78 is 1.45. The van der Waals surface area contributed by atoms with Gasteiger partial charge in [-0.25, -0.2) is 0 Å². The Morgan fingerprint density at radius 1 is 1.52 bits per heavy atom. The zero-order chi connectivity index (χ0) is 15.6. The molecule has 1 amide bonds. The van der Waals surface area contributed by atoms with E-state index in [0.29, 0.717) is 10.8 Å². The second-order valence-electron chi connectivity index (χ2n) is 4.60. The molecule has 0 saturated heterocycles. The third-order valence-electron chi connectivity index (χ3n) is 2.81. The molecule has 1 atom stereocenters. The number of hydrogen-bond donors (Lipinski definition) is 1. The van der Waals surface area contributed by atoms with E-state index in [-0.39, 0.29) is 18.3 Å². The highest BCUT2D eigenvalue weighted by Crippen LogP contribution is 2.16. The van der Waals surface area contributed by atoms with Gasteiger partial charge in [-0.2, -0.15) is 4.68 Å². The van der Waals surface area contributed by atoms with Crippen LogP contribution in [0.4, 0.5) is 10.9 Å². The third kappa shape index (κ3) is 3.60. The number of carbonyl (C=O) groups excluding carboxylic acids is 1. The highest BCUT2D eigenvalue weighted by atomic mass is 32.1. The Morgan fingerprint density at radius 2 is 2.24 bits per heavy atom. The molecule has 9 nitrogen and oxygen atoms in total. The van der Waals surface area contributed by atoms with E-state index in [2.05, 4.69) is 20.6 Å². The lowest BCUT2D eigenvalue weighted by Crippen LogP contribution is -2.25. The van der Waals surface area contributed by atoms with Crippen molar-refractivity contribution < 1.29 is 9.72 Å². The van der Waals surface area contributed by atoms with Crippen molar-refractivity contribution in [1.82, 2.24) is 20.0 Å². The Kier molecular flexibility index (Phi) is 4.26. The molecule has 112 valence electrons. The van der Waals surface area contributed by atoms with Crippen molar-refractivity contribution in [3.05, 3.63) is 26.9 Å². The van der Waals surface area contributed by atoms with Crippen LogP contribution in [0.5, 0.6) is 0 Å². The number of hydrogen-bond acceptors (Lipinski definition) is 7. The Hall–Kier alpha value is -2.36. The second-order valence-corrected chi connectivity index (χ2v) is 5.78. The summed E-state index contributed by atoms with van der Waals surface area (Å²) in [5, 5.41) is 26.0. The molecule has 0 radical (unpaired) electrons. The first-order valence-electron chi connectivity index (χ1n) is 6.16. The molecule has 2 heterocycles. The van der Waals surface area contributed by atoms with Crippen LogP contribution < -0.4 is 5.32 Å². The number of carbonyl (C=O) groups is 1. The van der Waals surface area contributed by atoms with Crippen molar-refractivity contribution in [3.8, 4) is 0 Å². The minimum atomic E-state index is -0.557. The van der Waals surface area contributed by atoms with Crippen LogP contribution in [0, 0.1) is 29.9 Å². The van der Waals surface area contributed by atoms with Gasteiger partial charge in [-0.15, -0.1) is 10.2 Å². The van der Waals surface area contributed by atoms with Crippen LogP contribution in [0.15, 0.2) is 6.07 Å². The Balaban J connectivity index is 2.02. The number of anilines is 1. The monoisotopic (exact) mass is 310 g/mol. The van der Waals surface area contributed by atoms with E-state index in [1.165, 1.54) is 22.1 Å². The molecule has 0 aliphatic rings. The summed E-state index contributed by atoms with van der Waals surface area (Å²) in [6.45, 7) is 5.47. The van der Waals surface area contributed by atoms with Crippen LogP contribution in [0.25, 0.3) is 0 Å². The van der Waals surface area contributed by atoms with Crippen molar-refractivity contribution in [2.75, 3.05) is 5.32 Å². The fourth-order valence-electron chi connectivity index (χ4n) is 1.68. The van der Waals surface area contributed by atoms with Gasteiger partial charge in [0.15, 0.2) is 0 Å². The van der Waals surface area contributed by atoms with Crippen LogP contribution in [-0.2, 0) is 11.3 Å². The number of nitrogens with zero attached hydrogens (tertiary/aromatic N) is 5. The molecule has 2 aromatic rings. The van der Waals surface area contributed by atoms with Crippen molar-refractivity contribution in [2.24, 2.45) is 5.92 Å². The second kappa shape index (κ2) is 5.95. The minimum Gasteiger partial charge on any atom is -0.358 e. The predicted molar refractivity (Wildman–Crippen MR) is 76.1 cm³/mol. The average molecular weight is 310 g/mol. The lowest BCUT2D eigenvalue weighted by molar-refractivity contribution is -0.389. The molecule has 0 bridgehead atoms. The Morgan fingerprint density at radius 3 is 2.76 bits per heavy atom. The normalized spacial score (nSPS) is 12.1. The van der Waals surface area contributed by atoms with E-state index in [1.807, 2.05) is 0 Å². The molecule has 0 fully saturated rings. The number of aryl methyl sites for hydroxylation is 2.